The summed E-state index contributed by atoms with van der Waals surface area (Å²) in [6.45, 7) is 0.0111. The Bertz CT molecular complexity index is 1320. The fourth-order valence-electron chi connectivity index (χ4n) is 2.76. The molecular formula is C21H16ClN3O5S. The van der Waals surface area contributed by atoms with Crippen LogP contribution in [0.3, 0.4) is 0 Å². The summed E-state index contributed by atoms with van der Waals surface area (Å²) in [6, 6.07) is 17.6. The fraction of sp³-hybridized carbons (Fsp3) is 0.0476. The van der Waals surface area contributed by atoms with Crippen molar-refractivity contribution in [1.82, 2.24) is 9.88 Å². The third-order valence-corrected chi connectivity index (χ3v) is 5.90. The Hall–Kier alpha value is -3.40. The van der Waals surface area contributed by atoms with Crippen molar-refractivity contribution in [3.63, 3.8) is 0 Å². The van der Waals surface area contributed by atoms with Crippen LogP contribution in [0.25, 0.3) is 11.3 Å². The highest BCUT2D eigenvalue weighted by Gasteiger charge is 2.17. The highest BCUT2D eigenvalue weighted by molar-refractivity contribution is 7.89. The van der Waals surface area contributed by atoms with Crippen molar-refractivity contribution in [2.45, 2.75) is 11.4 Å². The molecule has 0 saturated heterocycles. The van der Waals surface area contributed by atoms with Crippen LogP contribution in [0.15, 0.2) is 86.8 Å². The zero-order valence-electron chi connectivity index (χ0n) is 15.9. The van der Waals surface area contributed by atoms with Crippen molar-refractivity contribution < 1.29 is 22.2 Å². The lowest BCUT2D eigenvalue weighted by Gasteiger charge is -2.08. The van der Waals surface area contributed by atoms with Gasteiger partial charge in [0, 0.05) is 22.3 Å². The molecule has 0 aliphatic rings. The van der Waals surface area contributed by atoms with Gasteiger partial charge in [-0.2, -0.15) is 0 Å². The first kappa shape index (κ1) is 20.9. The van der Waals surface area contributed by atoms with Gasteiger partial charge in [0.15, 0.2) is 11.5 Å². The average Bonchev–Trinajstić information content (AvgIpc) is 3.45. The molecule has 0 bridgehead atoms. The Balaban J connectivity index is 1.47. The van der Waals surface area contributed by atoms with Gasteiger partial charge in [-0.05, 0) is 42.5 Å². The zero-order valence-corrected chi connectivity index (χ0v) is 17.5. The smallest absolute Gasteiger partial charge is 0.277 e. The lowest BCUT2D eigenvalue weighted by atomic mass is 10.1. The van der Waals surface area contributed by atoms with Crippen LogP contribution >= 0.6 is 11.6 Å². The summed E-state index contributed by atoms with van der Waals surface area (Å²) >= 11 is 5.97. The maximum atomic E-state index is 12.5. The first-order valence-corrected chi connectivity index (χ1v) is 10.9. The Kier molecular flexibility index (Phi) is 5.90. The average molecular weight is 458 g/mol. The van der Waals surface area contributed by atoms with Gasteiger partial charge < -0.3 is 14.3 Å². The summed E-state index contributed by atoms with van der Waals surface area (Å²) < 4.78 is 37.8. The van der Waals surface area contributed by atoms with Gasteiger partial charge in [-0.15, -0.1) is 0 Å². The SMILES string of the molecule is O=C(Nc1cccc(S(=O)(=O)NCc2ccco2)c1)c1cc(-c2cccc(Cl)c2)on1. The number of nitrogens with zero attached hydrogens (tertiary/aromatic N) is 1. The molecule has 4 aromatic rings. The highest BCUT2D eigenvalue weighted by Crippen LogP contribution is 2.24. The van der Waals surface area contributed by atoms with Crippen molar-refractivity contribution in [2.75, 3.05) is 5.32 Å². The largest absolute Gasteiger partial charge is 0.468 e. The van der Waals surface area contributed by atoms with E-state index in [1.165, 1.54) is 30.5 Å². The van der Waals surface area contributed by atoms with Crippen molar-refractivity contribution in [1.29, 1.82) is 0 Å². The predicted molar refractivity (Wildman–Crippen MR) is 114 cm³/mol. The minimum Gasteiger partial charge on any atom is -0.468 e. The van der Waals surface area contributed by atoms with E-state index in [2.05, 4.69) is 15.2 Å². The number of rotatable bonds is 7. The van der Waals surface area contributed by atoms with E-state index >= 15 is 0 Å². The first-order valence-electron chi connectivity index (χ1n) is 9.07. The second-order valence-corrected chi connectivity index (χ2v) is 8.68. The molecule has 0 atom stereocenters. The van der Waals surface area contributed by atoms with Gasteiger partial charge in [-0.3, -0.25) is 4.79 Å². The summed E-state index contributed by atoms with van der Waals surface area (Å²) in [4.78, 5) is 12.5. The summed E-state index contributed by atoms with van der Waals surface area (Å²) in [5, 5.41) is 6.92. The molecule has 0 aliphatic heterocycles. The number of carbonyl (C=O) groups excluding carboxylic acids is 1. The van der Waals surface area contributed by atoms with Gasteiger partial charge in [0.25, 0.3) is 5.91 Å². The van der Waals surface area contributed by atoms with E-state index in [-0.39, 0.29) is 22.8 Å². The van der Waals surface area contributed by atoms with Crippen LogP contribution < -0.4 is 10.0 Å². The van der Waals surface area contributed by atoms with Gasteiger partial charge in [0.05, 0.1) is 17.7 Å². The minimum absolute atomic E-state index is 0.00312. The van der Waals surface area contributed by atoms with E-state index in [4.69, 9.17) is 20.5 Å². The molecule has 2 aromatic heterocycles. The monoisotopic (exact) mass is 457 g/mol. The number of furan rings is 1. The fourth-order valence-corrected chi connectivity index (χ4v) is 3.99. The van der Waals surface area contributed by atoms with Crippen LogP contribution in [-0.4, -0.2) is 19.5 Å². The van der Waals surface area contributed by atoms with Crippen molar-refractivity contribution >= 4 is 33.2 Å². The number of anilines is 1. The van der Waals surface area contributed by atoms with E-state index in [1.54, 1.807) is 42.5 Å². The third-order valence-electron chi connectivity index (χ3n) is 4.27. The van der Waals surface area contributed by atoms with Gasteiger partial charge in [0.1, 0.15) is 5.76 Å². The van der Waals surface area contributed by atoms with Gasteiger partial charge in [-0.25, -0.2) is 13.1 Å². The lowest BCUT2D eigenvalue weighted by Crippen LogP contribution is -2.23. The molecule has 2 heterocycles. The second kappa shape index (κ2) is 8.76. The number of nitrogens with one attached hydrogen (secondary N) is 2. The van der Waals surface area contributed by atoms with Crippen molar-refractivity contribution in [2.24, 2.45) is 0 Å². The van der Waals surface area contributed by atoms with Crippen LogP contribution in [0.5, 0.6) is 0 Å². The molecule has 0 spiro atoms. The van der Waals surface area contributed by atoms with E-state index in [1.807, 2.05) is 0 Å². The number of hydrogen-bond donors (Lipinski definition) is 2. The zero-order chi connectivity index (χ0) is 21.8. The molecule has 0 radical (unpaired) electrons. The number of sulfonamides is 1. The molecule has 31 heavy (non-hydrogen) atoms. The summed E-state index contributed by atoms with van der Waals surface area (Å²) in [5.41, 5.74) is 1.01. The number of halogens is 1. The summed E-state index contributed by atoms with van der Waals surface area (Å²) in [5.74, 6) is 0.316. The van der Waals surface area contributed by atoms with Crippen LogP contribution in [-0.2, 0) is 16.6 Å². The lowest BCUT2D eigenvalue weighted by molar-refractivity contribution is 0.101. The highest BCUT2D eigenvalue weighted by atomic mass is 35.5. The Morgan fingerprint density at radius 1 is 1.03 bits per heavy atom. The van der Waals surface area contributed by atoms with Gasteiger partial charge >= 0.3 is 0 Å². The molecule has 2 aromatic carbocycles. The number of benzene rings is 2. The third kappa shape index (κ3) is 5.02. The summed E-state index contributed by atoms with van der Waals surface area (Å²) in [7, 11) is -3.80. The van der Waals surface area contributed by atoms with Crippen molar-refractivity contribution in [3.8, 4) is 11.3 Å². The molecule has 4 rings (SSSR count). The maximum absolute atomic E-state index is 12.5. The summed E-state index contributed by atoms with van der Waals surface area (Å²) in [6.07, 6.45) is 1.46. The van der Waals surface area contributed by atoms with Crippen LogP contribution in [0.4, 0.5) is 5.69 Å². The molecule has 8 nitrogen and oxygen atoms in total. The number of carbonyl (C=O) groups is 1. The van der Waals surface area contributed by atoms with E-state index in [0.717, 1.165) is 0 Å². The van der Waals surface area contributed by atoms with Crippen LogP contribution in [0.2, 0.25) is 5.02 Å². The number of amides is 1. The number of aromatic nitrogens is 1. The predicted octanol–water partition coefficient (Wildman–Crippen LogP) is 4.32. The number of hydrogen-bond acceptors (Lipinski definition) is 6. The van der Waals surface area contributed by atoms with E-state index < -0.39 is 15.9 Å². The topological polar surface area (TPSA) is 114 Å². The molecular weight excluding hydrogens is 442 g/mol. The van der Waals surface area contributed by atoms with Gasteiger partial charge in [-0.1, -0.05) is 35.0 Å². The van der Waals surface area contributed by atoms with E-state index in [9.17, 15) is 13.2 Å². The first-order chi connectivity index (χ1) is 14.9. The molecule has 0 aliphatic carbocycles. The molecule has 0 unspecified atom stereocenters. The second-order valence-electron chi connectivity index (χ2n) is 6.47. The molecule has 0 fully saturated rings. The minimum atomic E-state index is -3.80. The van der Waals surface area contributed by atoms with E-state index in [0.29, 0.717) is 22.1 Å². The maximum Gasteiger partial charge on any atom is 0.277 e. The molecule has 10 heteroatoms. The van der Waals surface area contributed by atoms with Crippen LogP contribution in [0, 0.1) is 0 Å². The normalized spacial score (nSPS) is 11.4. The quantitative estimate of drug-likeness (QED) is 0.427. The molecule has 0 saturated carbocycles. The Morgan fingerprint density at radius 3 is 2.65 bits per heavy atom. The molecule has 1 amide bonds. The molecule has 2 N–H and O–H groups in total. The van der Waals surface area contributed by atoms with Crippen molar-refractivity contribution in [3.05, 3.63) is 89.5 Å². The Morgan fingerprint density at radius 2 is 1.87 bits per heavy atom. The Labute approximate surface area is 182 Å². The van der Waals surface area contributed by atoms with Gasteiger partial charge in [0.2, 0.25) is 10.0 Å². The standard InChI is InChI=1S/C21H16ClN3O5S/c22-15-5-1-4-14(10-15)20-12-19(25-30-20)21(26)24-16-6-2-8-18(11-16)31(27,28)23-13-17-7-3-9-29-17/h1-12,23H,13H2,(H,24,26). The molecule has 158 valence electrons. The van der Waals surface area contributed by atoms with Crippen LogP contribution in [0.1, 0.15) is 16.2 Å².